The van der Waals surface area contributed by atoms with Crippen molar-refractivity contribution >= 4 is 11.8 Å². The van der Waals surface area contributed by atoms with Crippen molar-refractivity contribution in [3.8, 4) is 0 Å². The van der Waals surface area contributed by atoms with Gasteiger partial charge in [0, 0.05) is 10.1 Å². The zero-order chi connectivity index (χ0) is 13.0. The van der Waals surface area contributed by atoms with Gasteiger partial charge in [-0.1, -0.05) is 55.0 Å². The Morgan fingerprint density at radius 2 is 1.56 bits per heavy atom. The smallest absolute Gasteiger partial charge is 0.0909 e. The second-order valence-corrected chi connectivity index (χ2v) is 5.94. The number of aryl methyl sites for hydroxylation is 1. The number of benzene rings is 2. The van der Waals surface area contributed by atoms with Crippen LogP contribution in [0.1, 0.15) is 24.2 Å². The standard InChI is InChI=1S/C16H18OS/c1-12-8-10-15(11-9-12)18-13(2)16(17)14-6-4-3-5-7-14/h3-11,13,16-17H,1-2H3. The van der Waals surface area contributed by atoms with Crippen molar-refractivity contribution in [3.63, 3.8) is 0 Å². The number of thioether (sulfide) groups is 1. The third-order valence-corrected chi connectivity index (χ3v) is 4.10. The molecule has 2 aromatic carbocycles. The monoisotopic (exact) mass is 258 g/mol. The van der Waals surface area contributed by atoms with Crippen molar-refractivity contribution in [2.24, 2.45) is 0 Å². The molecule has 0 amide bonds. The number of aliphatic hydroxyl groups is 1. The predicted molar refractivity (Wildman–Crippen MR) is 77.9 cm³/mol. The van der Waals surface area contributed by atoms with Gasteiger partial charge in [0.2, 0.25) is 0 Å². The highest BCUT2D eigenvalue weighted by molar-refractivity contribution is 8.00. The van der Waals surface area contributed by atoms with Crippen molar-refractivity contribution in [2.75, 3.05) is 0 Å². The van der Waals surface area contributed by atoms with Gasteiger partial charge in [-0.25, -0.2) is 0 Å². The van der Waals surface area contributed by atoms with Gasteiger partial charge in [-0.15, -0.1) is 11.8 Å². The molecular formula is C16H18OS. The molecule has 94 valence electrons. The molecule has 0 aliphatic rings. The summed E-state index contributed by atoms with van der Waals surface area (Å²) < 4.78 is 0. The largest absolute Gasteiger partial charge is 0.387 e. The van der Waals surface area contributed by atoms with E-state index in [9.17, 15) is 5.11 Å². The molecule has 2 heteroatoms. The van der Waals surface area contributed by atoms with E-state index >= 15 is 0 Å². The summed E-state index contributed by atoms with van der Waals surface area (Å²) in [5.74, 6) is 0. The molecule has 0 aromatic heterocycles. The van der Waals surface area contributed by atoms with Crippen LogP contribution in [0.25, 0.3) is 0 Å². The van der Waals surface area contributed by atoms with E-state index in [0.717, 1.165) is 5.56 Å². The molecule has 1 nitrogen and oxygen atoms in total. The van der Waals surface area contributed by atoms with Crippen molar-refractivity contribution in [1.29, 1.82) is 0 Å². The van der Waals surface area contributed by atoms with Crippen LogP contribution < -0.4 is 0 Å². The topological polar surface area (TPSA) is 20.2 Å². The molecule has 18 heavy (non-hydrogen) atoms. The Morgan fingerprint density at radius 3 is 2.17 bits per heavy atom. The molecule has 2 atom stereocenters. The fourth-order valence-corrected chi connectivity index (χ4v) is 2.83. The average molecular weight is 258 g/mol. The Hall–Kier alpha value is -1.25. The van der Waals surface area contributed by atoms with Gasteiger partial charge in [0.15, 0.2) is 0 Å². The number of aliphatic hydroxyl groups excluding tert-OH is 1. The molecule has 0 fully saturated rings. The van der Waals surface area contributed by atoms with Crippen LogP contribution in [0.4, 0.5) is 0 Å². The van der Waals surface area contributed by atoms with E-state index in [4.69, 9.17) is 0 Å². The fraction of sp³-hybridized carbons (Fsp3) is 0.250. The minimum Gasteiger partial charge on any atom is -0.387 e. The summed E-state index contributed by atoms with van der Waals surface area (Å²) in [5.41, 5.74) is 2.24. The molecule has 1 N–H and O–H groups in total. The van der Waals surface area contributed by atoms with Gasteiger partial charge in [-0.05, 0) is 24.6 Å². The second-order valence-electron chi connectivity index (χ2n) is 4.49. The maximum Gasteiger partial charge on any atom is 0.0909 e. The third-order valence-electron chi connectivity index (χ3n) is 2.93. The van der Waals surface area contributed by atoms with Gasteiger partial charge in [-0.3, -0.25) is 0 Å². The summed E-state index contributed by atoms with van der Waals surface area (Å²) >= 11 is 1.71. The van der Waals surface area contributed by atoms with E-state index in [1.54, 1.807) is 11.8 Å². The van der Waals surface area contributed by atoms with Gasteiger partial charge < -0.3 is 5.11 Å². The Balaban J connectivity index is 2.03. The Kier molecular flexibility index (Phi) is 4.45. The lowest BCUT2D eigenvalue weighted by atomic mass is 10.1. The molecule has 0 aliphatic heterocycles. The van der Waals surface area contributed by atoms with E-state index in [2.05, 4.69) is 38.1 Å². The van der Waals surface area contributed by atoms with Gasteiger partial charge in [0.05, 0.1) is 6.10 Å². The highest BCUT2D eigenvalue weighted by Gasteiger charge is 2.16. The molecule has 2 aromatic rings. The summed E-state index contributed by atoms with van der Waals surface area (Å²) in [6, 6.07) is 18.2. The van der Waals surface area contributed by atoms with E-state index in [0.29, 0.717) is 0 Å². The van der Waals surface area contributed by atoms with Crippen LogP contribution in [0.3, 0.4) is 0 Å². The Bertz CT molecular complexity index is 478. The molecule has 2 rings (SSSR count). The molecule has 0 aliphatic carbocycles. The maximum absolute atomic E-state index is 10.3. The molecule has 0 spiro atoms. The Labute approximate surface area is 113 Å². The Morgan fingerprint density at radius 1 is 0.944 bits per heavy atom. The number of rotatable bonds is 4. The van der Waals surface area contributed by atoms with Crippen molar-refractivity contribution < 1.29 is 5.11 Å². The van der Waals surface area contributed by atoms with Crippen LogP contribution in [0, 0.1) is 6.92 Å². The highest BCUT2D eigenvalue weighted by atomic mass is 32.2. The van der Waals surface area contributed by atoms with Crippen LogP contribution in [-0.2, 0) is 0 Å². The molecule has 0 heterocycles. The lowest BCUT2D eigenvalue weighted by molar-refractivity contribution is 0.179. The molecule has 2 unspecified atom stereocenters. The van der Waals surface area contributed by atoms with Crippen LogP contribution in [0.15, 0.2) is 59.5 Å². The van der Waals surface area contributed by atoms with Gasteiger partial charge in [0.1, 0.15) is 0 Å². The first kappa shape index (κ1) is 13.2. The molecular weight excluding hydrogens is 240 g/mol. The minimum atomic E-state index is -0.433. The summed E-state index contributed by atoms with van der Waals surface area (Å²) in [6.45, 7) is 4.14. The predicted octanol–water partition coefficient (Wildman–Crippen LogP) is 4.21. The second kappa shape index (κ2) is 6.07. The summed E-state index contributed by atoms with van der Waals surface area (Å²) in [5, 5.41) is 10.4. The van der Waals surface area contributed by atoms with Crippen molar-refractivity contribution in [1.82, 2.24) is 0 Å². The third kappa shape index (κ3) is 3.37. The van der Waals surface area contributed by atoms with Gasteiger partial charge in [-0.2, -0.15) is 0 Å². The van der Waals surface area contributed by atoms with Crippen LogP contribution in [0.5, 0.6) is 0 Å². The quantitative estimate of drug-likeness (QED) is 0.829. The van der Waals surface area contributed by atoms with Crippen LogP contribution in [0.2, 0.25) is 0 Å². The van der Waals surface area contributed by atoms with Crippen LogP contribution >= 0.6 is 11.8 Å². The van der Waals surface area contributed by atoms with Gasteiger partial charge >= 0.3 is 0 Å². The number of hydrogen-bond donors (Lipinski definition) is 1. The minimum absolute atomic E-state index is 0.134. The first-order chi connectivity index (χ1) is 8.66. The first-order valence-electron chi connectivity index (χ1n) is 6.13. The van der Waals surface area contributed by atoms with E-state index in [1.807, 2.05) is 30.3 Å². The number of hydrogen-bond acceptors (Lipinski definition) is 2. The SMILES string of the molecule is Cc1ccc(SC(C)C(O)c2ccccc2)cc1. The van der Waals surface area contributed by atoms with Crippen LogP contribution in [-0.4, -0.2) is 10.4 Å². The molecule has 0 saturated carbocycles. The summed E-state index contributed by atoms with van der Waals surface area (Å²) in [4.78, 5) is 1.20. The van der Waals surface area contributed by atoms with E-state index in [-0.39, 0.29) is 5.25 Å². The van der Waals surface area contributed by atoms with Crippen molar-refractivity contribution in [2.45, 2.75) is 30.1 Å². The maximum atomic E-state index is 10.3. The first-order valence-corrected chi connectivity index (χ1v) is 7.01. The molecule has 0 saturated heterocycles. The van der Waals surface area contributed by atoms with E-state index < -0.39 is 6.10 Å². The molecule has 0 bridgehead atoms. The average Bonchev–Trinajstić information content (AvgIpc) is 2.41. The normalized spacial score (nSPS) is 14.2. The lowest BCUT2D eigenvalue weighted by Gasteiger charge is -2.18. The zero-order valence-electron chi connectivity index (χ0n) is 10.7. The van der Waals surface area contributed by atoms with Gasteiger partial charge in [0.25, 0.3) is 0 Å². The fourth-order valence-electron chi connectivity index (χ4n) is 1.82. The lowest BCUT2D eigenvalue weighted by Crippen LogP contribution is -2.10. The summed E-state index contributed by atoms with van der Waals surface area (Å²) in [7, 11) is 0. The van der Waals surface area contributed by atoms with Crippen molar-refractivity contribution in [3.05, 3.63) is 65.7 Å². The zero-order valence-corrected chi connectivity index (χ0v) is 11.5. The van der Waals surface area contributed by atoms with E-state index in [1.165, 1.54) is 10.5 Å². The highest BCUT2D eigenvalue weighted by Crippen LogP contribution is 2.31. The molecule has 0 radical (unpaired) electrons. The summed E-state index contributed by atoms with van der Waals surface area (Å²) in [6.07, 6.45) is -0.433.